The summed E-state index contributed by atoms with van der Waals surface area (Å²) >= 11 is 0. The van der Waals surface area contributed by atoms with Crippen LogP contribution in [0, 0.1) is 5.92 Å². The quantitative estimate of drug-likeness (QED) is 0.719. The highest BCUT2D eigenvalue weighted by atomic mass is 16.5. The third-order valence-corrected chi connectivity index (χ3v) is 5.20. The van der Waals surface area contributed by atoms with Gasteiger partial charge in [0, 0.05) is 45.9 Å². The van der Waals surface area contributed by atoms with Crippen LogP contribution in [0.15, 0.2) is 0 Å². The minimum atomic E-state index is 0.513. The largest absolute Gasteiger partial charge is 0.383 e. The van der Waals surface area contributed by atoms with Crippen LogP contribution in [0.3, 0.4) is 0 Å². The van der Waals surface area contributed by atoms with Gasteiger partial charge >= 0.3 is 0 Å². The maximum Gasteiger partial charge on any atom is 0.0601 e. The lowest BCUT2D eigenvalue weighted by atomic mass is 9.88. The van der Waals surface area contributed by atoms with Gasteiger partial charge in [-0.3, -0.25) is 9.80 Å². The fourth-order valence-electron chi connectivity index (χ4n) is 3.68. The van der Waals surface area contributed by atoms with Crippen molar-refractivity contribution >= 4 is 0 Å². The Kier molecular flexibility index (Phi) is 7.44. The van der Waals surface area contributed by atoms with E-state index < -0.39 is 0 Å². The van der Waals surface area contributed by atoms with Crippen LogP contribution in [0.2, 0.25) is 0 Å². The van der Waals surface area contributed by atoms with Crippen molar-refractivity contribution in [1.82, 2.24) is 9.80 Å². The number of methoxy groups -OCH3 is 1. The van der Waals surface area contributed by atoms with E-state index >= 15 is 0 Å². The summed E-state index contributed by atoms with van der Waals surface area (Å²) in [6.07, 6.45) is 5.87. The molecule has 2 fully saturated rings. The molecular weight excluding hydrogens is 264 g/mol. The Morgan fingerprint density at radius 1 is 1.00 bits per heavy atom. The molecule has 0 N–H and O–H groups in total. The molecule has 0 bridgehead atoms. The lowest BCUT2D eigenvalue weighted by molar-refractivity contribution is -0.0228. The molecule has 0 aromatic rings. The average molecular weight is 298 g/mol. The molecule has 1 aliphatic carbocycles. The van der Waals surface area contributed by atoms with Gasteiger partial charge in [0.25, 0.3) is 0 Å². The average Bonchev–Trinajstić information content (AvgIpc) is 2.48. The molecule has 0 amide bonds. The highest BCUT2D eigenvalue weighted by Crippen LogP contribution is 2.26. The zero-order valence-corrected chi connectivity index (χ0v) is 14.2. The van der Waals surface area contributed by atoms with Crippen molar-refractivity contribution in [3.63, 3.8) is 0 Å². The molecule has 2 rings (SSSR count). The van der Waals surface area contributed by atoms with E-state index in [1.54, 1.807) is 7.11 Å². The van der Waals surface area contributed by atoms with E-state index in [4.69, 9.17) is 9.47 Å². The van der Waals surface area contributed by atoms with Gasteiger partial charge in [-0.1, -0.05) is 19.8 Å². The number of ether oxygens (including phenoxy) is 2. The highest BCUT2D eigenvalue weighted by molar-refractivity contribution is 4.79. The van der Waals surface area contributed by atoms with Gasteiger partial charge in [0.15, 0.2) is 0 Å². The van der Waals surface area contributed by atoms with E-state index in [-0.39, 0.29) is 0 Å². The van der Waals surface area contributed by atoms with Gasteiger partial charge < -0.3 is 9.47 Å². The van der Waals surface area contributed by atoms with Crippen LogP contribution in [0.1, 0.15) is 39.5 Å². The predicted molar refractivity (Wildman–Crippen MR) is 86.7 cm³/mol. The van der Waals surface area contributed by atoms with Crippen molar-refractivity contribution in [3.8, 4) is 0 Å². The molecular formula is C17H34N2O2. The molecule has 21 heavy (non-hydrogen) atoms. The molecule has 0 aromatic carbocycles. The van der Waals surface area contributed by atoms with Gasteiger partial charge in [-0.25, -0.2) is 0 Å². The first kappa shape index (κ1) is 17.2. The number of piperazine rings is 1. The molecule has 124 valence electrons. The summed E-state index contributed by atoms with van der Waals surface area (Å²) in [7, 11) is 1.78. The maximum atomic E-state index is 6.15. The monoisotopic (exact) mass is 298 g/mol. The molecule has 1 heterocycles. The summed E-state index contributed by atoms with van der Waals surface area (Å²) in [6.45, 7) is 12.0. The zero-order chi connectivity index (χ0) is 15.1. The molecule has 3 atom stereocenters. The van der Waals surface area contributed by atoms with Gasteiger partial charge in [-0.2, -0.15) is 0 Å². The van der Waals surface area contributed by atoms with Crippen molar-refractivity contribution in [2.24, 2.45) is 5.92 Å². The Hall–Kier alpha value is -0.160. The van der Waals surface area contributed by atoms with Gasteiger partial charge in [0.2, 0.25) is 0 Å². The second-order valence-electron chi connectivity index (χ2n) is 6.85. The molecule has 1 saturated heterocycles. The van der Waals surface area contributed by atoms with Gasteiger partial charge in [-0.15, -0.1) is 0 Å². The number of nitrogens with zero attached hydrogens (tertiary/aromatic N) is 2. The van der Waals surface area contributed by atoms with E-state index in [2.05, 4.69) is 23.6 Å². The van der Waals surface area contributed by atoms with E-state index in [0.29, 0.717) is 12.1 Å². The molecule has 0 aromatic heterocycles. The molecule has 2 aliphatic rings. The Morgan fingerprint density at radius 3 is 2.52 bits per heavy atom. The summed E-state index contributed by atoms with van der Waals surface area (Å²) in [5.41, 5.74) is 0. The second-order valence-corrected chi connectivity index (χ2v) is 6.85. The Balaban J connectivity index is 1.61. The summed E-state index contributed by atoms with van der Waals surface area (Å²) in [5, 5.41) is 0. The van der Waals surface area contributed by atoms with Crippen LogP contribution >= 0.6 is 0 Å². The molecule has 1 aliphatic heterocycles. The van der Waals surface area contributed by atoms with E-state index in [9.17, 15) is 0 Å². The Bertz CT molecular complexity index is 288. The second kappa shape index (κ2) is 9.09. The fourth-order valence-corrected chi connectivity index (χ4v) is 3.68. The van der Waals surface area contributed by atoms with Crippen molar-refractivity contribution in [2.45, 2.75) is 51.7 Å². The summed E-state index contributed by atoms with van der Waals surface area (Å²) in [4.78, 5) is 5.09. The smallest absolute Gasteiger partial charge is 0.0601 e. The first-order valence-corrected chi connectivity index (χ1v) is 8.77. The minimum absolute atomic E-state index is 0.513. The first-order valence-electron chi connectivity index (χ1n) is 8.77. The molecule has 0 radical (unpaired) electrons. The summed E-state index contributed by atoms with van der Waals surface area (Å²) in [6, 6.07) is 0.627. The lowest BCUT2D eigenvalue weighted by Crippen LogP contribution is -2.53. The van der Waals surface area contributed by atoms with Crippen molar-refractivity contribution < 1.29 is 9.47 Å². The first-order chi connectivity index (χ1) is 10.2. The van der Waals surface area contributed by atoms with E-state index in [1.165, 1.54) is 25.7 Å². The van der Waals surface area contributed by atoms with Crippen molar-refractivity contribution in [3.05, 3.63) is 0 Å². The molecule has 4 nitrogen and oxygen atoms in total. The van der Waals surface area contributed by atoms with Crippen LogP contribution in [-0.2, 0) is 9.47 Å². The van der Waals surface area contributed by atoms with Crippen molar-refractivity contribution in [1.29, 1.82) is 0 Å². The van der Waals surface area contributed by atoms with Gasteiger partial charge in [0.05, 0.1) is 19.3 Å². The molecule has 3 unspecified atom stereocenters. The topological polar surface area (TPSA) is 24.9 Å². The third kappa shape index (κ3) is 5.51. The molecule has 0 spiro atoms. The normalized spacial score (nSPS) is 32.4. The summed E-state index contributed by atoms with van der Waals surface area (Å²) < 4.78 is 11.3. The van der Waals surface area contributed by atoms with Crippen LogP contribution in [0.4, 0.5) is 0 Å². The molecule has 1 saturated carbocycles. The lowest BCUT2D eigenvalue weighted by Gasteiger charge is -2.40. The number of hydrogen-bond acceptors (Lipinski definition) is 4. The van der Waals surface area contributed by atoms with Crippen molar-refractivity contribution in [2.75, 3.05) is 53.0 Å². The van der Waals surface area contributed by atoms with Gasteiger partial charge in [-0.05, 0) is 25.7 Å². The van der Waals surface area contributed by atoms with E-state index in [1.807, 2.05) is 0 Å². The zero-order valence-electron chi connectivity index (χ0n) is 14.2. The Labute approximate surface area is 130 Å². The number of rotatable bonds is 7. The highest BCUT2D eigenvalue weighted by Gasteiger charge is 2.24. The van der Waals surface area contributed by atoms with Gasteiger partial charge in [0.1, 0.15) is 0 Å². The standard InChI is InChI=1S/C17H34N2O2/c1-15-6-4-5-7-17(15)21-13-10-18-8-9-19(11-12-20-3)16(2)14-18/h15-17H,4-14H2,1-3H3. The van der Waals surface area contributed by atoms with Crippen LogP contribution < -0.4 is 0 Å². The summed E-state index contributed by atoms with van der Waals surface area (Å²) in [5.74, 6) is 0.753. The maximum absolute atomic E-state index is 6.15. The Morgan fingerprint density at radius 2 is 1.81 bits per heavy atom. The third-order valence-electron chi connectivity index (χ3n) is 5.20. The van der Waals surface area contributed by atoms with Crippen LogP contribution in [0.25, 0.3) is 0 Å². The van der Waals surface area contributed by atoms with Crippen LogP contribution in [-0.4, -0.2) is 75.0 Å². The predicted octanol–water partition coefficient (Wildman–Crippen LogP) is 2.23. The van der Waals surface area contributed by atoms with Crippen LogP contribution in [0.5, 0.6) is 0 Å². The minimum Gasteiger partial charge on any atom is -0.383 e. The fraction of sp³-hybridized carbons (Fsp3) is 1.00. The molecule has 4 heteroatoms. The number of hydrogen-bond donors (Lipinski definition) is 0. The van der Waals surface area contributed by atoms with E-state index in [0.717, 1.165) is 51.9 Å². The SMILES string of the molecule is COCCN1CCN(CCOC2CCCCC2C)CC1C.